The second-order valence-electron chi connectivity index (χ2n) is 7.59. The lowest BCUT2D eigenvalue weighted by Crippen LogP contribution is -2.45. The van der Waals surface area contributed by atoms with Crippen molar-refractivity contribution in [3.8, 4) is 11.5 Å². The molecule has 150 valence electrons. The third kappa shape index (κ3) is 8.82. The quantitative estimate of drug-likeness (QED) is 0.660. The highest BCUT2D eigenvalue weighted by molar-refractivity contribution is 6.32. The van der Waals surface area contributed by atoms with Gasteiger partial charge in [-0.05, 0) is 50.5 Å². The van der Waals surface area contributed by atoms with Gasteiger partial charge in [0.05, 0.1) is 25.3 Å². The Labute approximate surface area is 166 Å². The van der Waals surface area contributed by atoms with E-state index in [1.807, 2.05) is 34.6 Å². The van der Waals surface area contributed by atoms with Gasteiger partial charge < -0.3 is 20.1 Å². The van der Waals surface area contributed by atoms with Crippen molar-refractivity contribution in [2.45, 2.75) is 40.2 Å². The maximum absolute atomic E-state index is 11.9. The fourth-order valence-corrected chi connectivity index (χ4v) is 2.36. The van der Waals surface area contributed by atoms with Crippen LogP contribution < -0.4 is 20.1 Å². The summed E-state index contributed by atoms with van der Waals surface area (Å²) in [6, 6.07) is 3.42. The molecule has 27 heavy (non-hydrogen) atoms. The number of methoxy groups -OCH3 is 1. The molecule has 0 heterocycles. The Kier molecular flexibility index (Phi) is 8.63. The Bertz CT molecular complexity index is 694. The molecule has 0 unspecified atom stereocenters. The summed E-state index contributed by atoms with van der Waals surface area (Å²) < 4.78 is 11.0. The fourth-order valence-electron chi connectivity index (χ4n) is 2.09. The van der Waals surface area contributed by atoms with Gasteiger partial charge in [-0.15, -0.1) is 0 Å². The normalized spacial score (nSPS) is 11.6. The molecule has 1 aromatic carbocycles. The Morgan fingerprint density at radius 3 is 2.48 bits per heavy atom. The fraction of sp³-hybridized carbons (Fsp3) is 0.500. The van der Waals surface area contributed by atoms with Crippen LogP contribution in [0, 0.1) is 5.92 Å². The molecule has 2 N–H and O–H groups in total. The van der Waals surface area contributed by atoms with Crippen LogP contribution in [0.25, 0.3) is 6.08 Å². The minimum Gasteiger partial charge on any atom is -0.493 e. The zero-order valence-corrected chi connectivity index (χ0v) is 17.6. The van der Waals surface area contributed by atoms with Gasteiger partial charge in [0.2, 0.25) is 11.8 Å². The summed E-state index contributed by atoms with van der Waals surface area (Å²) >= 11 is 6.28. The van der Waals surface area contributed by atoms with E-state index in [4.69, 9.17) is 21.1 Å². The van der Waals surface area contributed by atoms with Crippen LogP contribution in [0.2, 0.25) is 5.02 Å². The lowest BCUT2D eigenvalue weighted by molar-refractivity contribution is -0.124. The number of ether oxygens (including phenoxy) is 2. The SMILES string of the molecule is COc1cc(/C=C/C(=O)NCC(=O)NC(C)(C)C)cc(Cl)c1OCC(C)C. The molecule has 1 rings (SSSR count). The third-order valence-corrected chi connectivity index (χ3v) is 3.46. The topological polar surface area (TPSA) is 76.7 Å². The molecule has 0 fully saturated rings. The van der Waals surface area contributed by atoms with Crippen molar-refractivity contribution >= 4 is 29.5 Å². The lowest BCUT2D eigenvalue weighted by atomic mass is 10.1. The molecule has 0 aliphatic carbocycles. The summed E-state index contributed by atoms with van der Waals surface area (Å²) in [6.07, 6.45) is 2.93. The highest BCUT2D eigenvalue weighted by Gasteiger charge is 2.14. The van der Waals surface area contributed by atoms with E-state index in [2.05, 4.69) is 10.6 Å². The van der Waals surface area contributed by atoms with Gasteiger partial charge in [-0.1, -0.05) is 25.4 Å². The second kappa shape index (κ2) is 10.2. The third-order valence-electron chi connectivity index (χ3n) is 3.18. The second-order valence-corrected chi connectivity index (χ2v) is 8.00. The maximum atomic E-state index is 11.9. The molecule has 0 radical (unpaired) electrons. The zero-order chi connectivity index (χ0) is 20.6. The maximum Gasteiger partial charge on any atom is 0.244 e. The predicted molar refractivity (Wildman–Crippen MR) is 108 cm³/mol. The van der Waals surface area contributed by atoms with Crippen molar-refractivity contribution < 1.29 is 19.1 Å². The largest absolute Gasteiger partial charge is 0.493 e. The van der Waals surface area contributed by atoms with E-state index in [1.165, 1.54) is 13.2 Å². The van der Waals surface area contributed by atoms with Crippen LogP contribution in [0.15, 0.2) is 18.2 Å². The molecule has 0 aliphatic heterocycles. The molecule has 7 heteroatoms. The van der Waals surface area contributed by atoms with Gasteiger partial charge in [0, 0.05) is 11.6 Å². The molecule has 0 saturated carbocycles. The minimum atomic E-state index is -0.380. The van der Waals surface area contributed by atoms with Crippen LogP contribution in [0.5, 0.6) is 11.5 Å². The minimum absolute atomic E-state index is 0.0908. The number of nitrogens with one attached hydrogen (secondary N) is 2. The van der Waals surface area contributed by atoms with Crippen molar-refractivity contribution in [3.63, 3.8) is 0 Å². The first kappa shape index (κ1) is 22.8. The molecular formula is C20H29ClN2O4. The molecule has 2 amide bonds. The summed E-state index contributed by atoms with van der Waals surface area (Å²) in [5.74, 6) is 0.695. The number of rotatable bonds is 8. The monoisotopic (exact) mass is 396 g/mol. The van der Waals surface area contributed by atoms with Gasteiger partial charge in [-0.3, -0.25) is 9.59 Å². The van der Waals surface area contributed by atoms with Gasteiger partial charge in [0.25, 0.3) is 0 Å². The van der Waals surface area contributed by atoms with Gasteiger partial charge in [-0.2, -0.15) is 0 Å². The molecule has 1 aromatic rings. The van der Waals surface area contributed by atoms with E-state index in [-0.39, 0.29) is 23.9 Å². The van der Waals surface area contributed by atoms with Crippen molar-refractivity contribution in [1.29, 1.82) is 0 Å². The summed E-state index contributed by atoms with van der Waals surface area (Å²) in [5.41, 5.74) is 0.340. The average molecular weight is 397 g/mol. The first-order valence-corrected chi connectivity index (χ1v) is 9.17. The molecule has 6 nitrogen and oxygen atoms in total. The van der Waals surface area contributed by atoms with Gasteiger partial charge in [0.1, 0.15) is 0 Å². The lowest BCUT2D eigenvalue weighted by Gasteiger charge is -2.20. The van der Waals surface area contributed by atoms with Crippen LogP contribution in [0.4, 0.5) is 0 Å². The van der Waals surface area contributed by atoms with Crippen molar-refractivity contribution in [1.82, 2.24) is 10.6 Å². The summed E-state index contributed by atoms with van der Waals surface area (Å²) in [7, 11) is 1.53. The predicted octanol–water partition coefficient (Wildman–Crippen LogP) is 3.43. The van der Waals surface area contributed by atoms with Crippen LogP contribution in [-0.2, 0) is 9.59 Å². The molecule has 0 atom stereocenters. The van der Waals surface area contributed by atoms with E-state index in [0.717, 1.165) is 0 Å². The molecule has 0 aromatic heterocycles. The van der Waals surface area contributed by atoms with Crippen LogP contribution in [0.3, 0.4) is 0 Å². The average Bonchev–Trinajstić information content (AvgIpc) is 2.54. The summed E-state index contributed by atoms with van der Waals surface area (Å²) in [6.45, 7) is 10.1. The van der Waals surface area contributed by atoms with E-state index < -0.39 is 0 Å². The van der Waals surface area contributed by atoms with Gasteiger partial charge in [0.15, 0.2) is 11.5 Å². The van der Waals surface area contributed by atoms with E-state index in [1.54, 1.807) is 18.2 Å². The highest BCUT2D eigenvalue weighted by Crippen LogP contribution is 2.37. The Hall–Kier alpha value is -2.21. The standard InChI is InChI=1S/C20H29ClN2O4/c1-13(2)12-27-19-15(21)9-14(10-16(19)26-6)7-8-17(24)22-11-18(25)23-20(3,4)5/h7-10,13H,11-12H2,1-6H3,(H,22,24)(H,23,25)/b8-7+. The van der Waals surface area contributed by atoms with E-state index >= 15 is 0 Å². The molecule has 0 bridgehead atoms. The molecule has 0 spiro atoms. The van der Waals surface area contributed by atoms with Crippen molar-refractivity contribution in [2.75, 3.05) is 20.3 Å². The van der Waals surface area contributed by atoms with Crippen LogP contribution in [-0.4, -0.2) is 37.6 Å². The van der Waals surface area contributed by atoms with Crippen LogP contribution in [0.1, 0.15) is 40.2 Å². The molecule has 0 saturated heterocycles. The number of carbonyl (C=O) groups is 2. The number of hydrogen-bond donors (Lipinski definition) is 2. The molecule has 0 aliphatic rings. The number of hydrogen-bond acceptors (Lipinski definition) is 4. The number of carbonyl (C=O) groups excluding carboxylic acids is 2. The Morgan fingerprint density at radius 2 is 1.93 bits per heavy atom. The van der Waals surface area contributed by atoms with Crippen molar-refractivity contribution in [3.05, 3.63) is 28.8 Å². The first-order chi connectivity index (χ1) is 12.5. The highest BCUT2D eigenvalue weighted by atomic mass is 35.5. The smallest absolute Gasteiger partial charge is 0.244 e. The molecular weight excluding hydrogens is 368 g/mol. The first-order valence-electron chi connectivity index (χ1n) is 8.79. The summed E-state index contributed by atoms with van der Waals surface area (Å²) in [5, 5.41) is 5.71. The number of halogens is 1. The van der Waals surface area contributed by atoms with Crippen molar-refractivity contribution in [2.24, 2.45) is 5.92 Å². The number of benzene rings is 1. The number of amides is 2. The van der Waals surface area contributed by atoms with Crippen LogP contribution >= 0.6 is 11.6 Å². The Morgan fingerprint density at radius 1 is 1.26 bits per heavy atom. The van der Waals surface area contributed by atoms with E-state index in [0.29, 0.717) is 34.6 Å². The Balaban J connectivity index is 2.73. The zero-order valence-electron chi connectivity index (χ0n) is 16.8. The van der Waals surface area contributed by atoms with Gasteiger partial charge >= 0.3 is 0 Å². The van der Waals surface area contributed by atoms with Gasteiger partial charge in [-0.25, -0.2) is 0 Å². The summed E-state index contributed by atoms with van der Waals surface area (Å²) in [4.78, 5) is 23.6. The van der Waals surface area contributed by atoms with E-state index in [9.17, 15) is 9.59 Å².